The van der Waals surface area contributed by atoms with Crippen LogP contribution < -0.4 is 0 Å². The minimum atomic E-state index is -1.93. The molecule has 1 aromatic carbocycles. The van der Waals surface area contributed by atoms with Crippen molar-refractivity contribution in [3.05, 3.63) is 34.3 Å². The number of halogens is 1. The van der Waals surface area contributed by atoms with E-state index in [2.05, 4.69) is 0 Å². The van der Waals surface area contributed by atoms with Crippen LogP contribution in [0.15, 0.2) is 18.2 Å². The van der Waals surface area contributed by atoms with Crippen molar-refractivity contribution in [2.75, 3.05) is 0 Å². The Kier molecular flexibility index (Phi) is 6.41. The second kappa shape index (κ2) is 8.09. The molecule has 0 aliphatic heterocycles. The second-order valence-corrected chi connectivity index (χ2v) is 6.96. The molecule has 122 valence electrons. The van der Waals surface area contributed by atoms with Crippen molar-refractivity contribution < 1.29 is 18.3 Å². The van der Waals surface area contributed by atoms with E-state index in [1.54, 1.807) is 19.1 Å². The molecule has 0 radical (unpaired) electrons. The molecule has 0 bridgehead atoms. The number of hydrogen-bond donors (Lipinski definition) is 1. The van der Waals surface area contributed by atoms with Crippen LogP contribution >= 0.6 is 11.6 Å². The van der Waals surface area contributed by atoms with E-state index in [0.717, 1.165) is 31.2 Å². The molecule has 0 aromatic heterocycles. The molecule has 0 amide bonds. The van der Waals surface area contributed by atoms with Crippen molar-refractivity contribution in [2.45, 2.75) is 50.9 Å². The van der Waals surface area contributed by atoms with Crippen LogP contribution in [0.5, 0.6) is 0 Å². The topological polar surface area (TPSA) is 63.6 Å². The maximum absolute atomic E-state index is 11.7. The lowest BCUT2D eigenvalue weighted by atomic mass is 9.93. The summed E-state index contributed by atoms with van der Waals surface area (Å²) in [5.74, 6) is 0.111. The van der Waals surface area contributed by atoms with Crippen molar-refractivity contribution in [1.82, 2.24) is 0 Å². The third kappa shape index (κ3) is 4.54. The first kappa shape index (κ1) is 17.4. The van der Waals surface area contributed by atoms with Crippen LogP contribution in [-0.4, -0.2) is 14.7 Å². The van der Waals surface area contributed by atoms with Gasteiger partial charge in [0.15, 0.2) is 11.1 Å². The Morgan fingerprint density at radius 2 is 2.14 bits per heavy atom. The van der Waals surface area contributed by atoms with E-state index >= 15 is 0 Å². The van der Waals surface area contributed by atoms with Crippen molar-refractivity contribution in [3.63, 3.8) is 0 Å². The second-order valence-electron chi connectivity index (χ2n) is 5.63. The third-order valence-electron chi connectivity index (χ3n) is 4.06. The van der Waals surface area contributed by atoms with Crippen LogP contribution in [0.25, 0.3) is 0 Å². The van der Waals surface area contributed by atoms with E-state index in [4.69, 9.17) is 20.9 Å². The van der Waals surface area contributed by atoms with Gasteiger partial charge in [0.1, 0.15) is 6.10 Å². The first-order chi connectivity index (χ1) is 10.5. The Bertz CT molecular complexity index is 555. The minimum Gasteiger partial charge on any atom is -0.457 e. The van der Waals surface area contributed by atoms with Crippen LogP contribution in [0, 0.1) is 5.92 Å². The fraction of sp³-hybridized carbons (Fsp3) is 0.562. The van der Waals surface area contributed by atoms with Gasteiger partial charge in [-0.15, -0.1) is 0 Å². The fourth-order valence-corrected chi connectivity index (χ4v) is 3.76. The van der Waals surface area contributed by atoms with Crippen LogP contribution in [0.2, 0.25) is 5.02 Å². The van der Waals surface area contributed by atoms with Gasteiger partial charge in [-0.3, -0.25) is 4.79 Å². The quantitative estimate of drug-likeness (QED) is 0.619. The molecule has 6 heteroatoms. The molecule has 2 atom stereocenters. The van der Waals surface area contributed by atoms with Crippen LogP contribution in [0.1, 0.15) is 56.3 Å². The molecule has 0 spiro atoms. The monoisotopic (exact) mass is 344 g/mol. The predicted molar refractivity (Wildman–Crippen MR) is 87.0 cm³/mol. The summed E-state index contributed by atoms with van der Waals surface area (Å²) in [5.41, 5.74) is 1.49. The van der Waals surface area contributed by atoms with Gasteiger partial charge in [0.05, 0.1) is 5.75 Å². The van der Waals surface area contributed by atoms with Gasteiger partial charge in [-0.25, -0.2) is 4.21 Å². The molecule has 1 saturated carbocycles. The van der Waals surface area contributed by atoms with Crippen molar-refractivity contribution in [1.29, 1.82) is 0 Å². The molecule has 4 nitrogen and oxygen atoms in total. The summed E-state index contributed by atoms with van der Waals surface area (Å²) in [7, 11) is 0. The van der Waals surface area contributed by atoms with E-state index in [-0.39, 0.29) is 17.8 Å². The SMILES string of the molecule is CCC(=O)OC(c1ccc(CS(=O)O)c(Cl)c1)C1CCCC1. The largest absolute Gasteiger partial charge is 0.457 e. The van der Waals surface area contributed by atoms with Crippen LogP contribution in [-0.2, 0) is 26.4 Å². The Labute approximate surface area is 138 Å². The number of ether oxygens (including phenoxy) is 1. The molecule has 1 N–H and O–H groups in total. The maximum atomic E-state index is 11.7. The Morgan fingerprint density at radius 3 is 2.68 bits per heavy atom. The van der Waals surface area contributed by atoms with E-state index in [1.165, 1.54) is 0 Å². The zero-order valence-electron chi connectivity index (χ0n) is 12.6. The lowest BCUT2D eigenvalue weighted by molar-refractivity contribution is -0.152. The average Bonchev–Trinajstić information content (AvgIpc) is 3.00. The van der Waals surface area contributed by atoms with E-state index in [9.17, 15) is 9.00 Å². The van der Waals surface area contributed by atoms with Crippen molar-refractivity contribution in [2.24, 2.45) is 5.92 Å². The summed E-state index contributed by atoms with van der Waals surface area (Å²) >= 11 is 4.28. The van der Waals surface area contributed by atoms with Gasteiger partial charge in [0.2, 0.25) is 0 Å². The minimum absolute atomic E-state index is 0.00194. The van der Waals surface area contributed by atoms with Gasteiger partial charge in [-0.2, -0.15) is 0 Å². The molecule has 1 aliphatic rings. The van der Waals surface area contributed by atoms with Crippen LogP contribution in [0.4, 0.5) is 0 Å². The predicted octanol–water partition coefficient (Wildman–Crippen LogP) is 4.25. The molecule has 1 aromatic rings. The van der Waals surface area contributed by atoms with E-state index in [0.29, 0.717) is 22.9 Å². The van der Waals surface area contributed by atoms with Gasteiger partial charge >= 0.3 is 5.97 Å². The summed E-state index contributed by atoms with van der Waals surface area (Å²) in [5, 5.41) is 0.440. The number of hydrogen-bond acceptors (Lipinski definition) is 3. The third-order valence-corrected chi connectivity index (χ3v) is 4.97. The molecule has 1 fully saturated rings. The van der Waals surface area contributed by atoms with Crippen molar-refractivity contribution >= 4 is 28.7 Å². The average molecular weight is 345 g/mol. The number of carbonyl (C=O) groups excluding carboxylic acids is 1. The number of rotatable bonds is 6. The maximum Gasteiger partial charge on any atom is 0.306 e. The highest BCUT2D eigenvalue weighted by atomic mass is 35.5. The van der Waals surface area contributed by atoms with Gasteiger partial charge in [-0.1, -0.05) is 43.5 Å². The highest BCUT2D eigenvalue weighted by Gasteiger charge is 2.29. The fourth-order valence-electron chi connectivity index (χ4n) is 2.91. The van der Waals surface area contributed by atoms with Crippen LogP contribution in [0.3, 0.4) is 0 Å². The van der Waals surface area contributed by atoms with E-state index in [1.807, 2.05) is 6.07 Å². The van der Waals surface area contributed by atoms with Gasteiger partial charge < -0.3 is 9.29 Å². The molecule has 0 heterocycles. The normalized spacial score (nSPS) is 18.1. The Balaban J connectivity index is 2.24. The standard InChI is InChI=1S/C16H21ClO4S/c1-2-15(18)21-16(11-5-3-4-6-11)12-7-8-13(10-22(19)20)14(17)9-12/h7-9,11,16H,2-6,10H2,1H3,(H,19,20). The Morgan fingerprint density at radius 1 is 1.45 bits per heavy atom. The Hall–Kier alpha value is -0.910. The summed E-state index contributed by atoms with van der Waals surface area (Å²) in [6.07, 6.45) is 4.46. The summed E-state index contributed by atoms with van der Waals surface area (Å²) < 4.78 is 25.5. The zero-order valence-corrected chi connectivity index (χ0v) is 14.2. The van der Waals surface area contributed by atoms with Gasteiger partial charge in [-0.05, 0) is 30.0 Å². The zero-order chi connectivity index (χ0) is 16.1. The van der Waals surface area contributed by atoms with Gasteiger partial charge in [0.25, 0.3) is 0 Å². The molecule has 1 aliphatic carbocycles. The lowest BCUT2D eigenvalue weighted by Crippen LogP contribution is -2.17. The molecule has 22 heavy (non-hydrogen) atoms. The summed E-state index contributed by atoms with van der Waals surface area (Å²) in [6.45, 7) is 1.78. The number of benzene rings is 1. The first-order valence-electron chi connectivity index (χ1n) is 7.56. The summed E-state index contributed by atoms with van der Waals surface area (Å²) in [6, 6.07) is 5.35. The number of carbonyl (C=O) groups is 1. The first-order valence-corrected chi connectivity index (χ1v) is 9.22. The molecular formula is C16H21ClO4S. The highest BCUT2D eigenvalue weighted by molar-refractivity contribution is 7.78. The highest BCUT2D eigenvalue weighted by Crippen LogP contribution is 2.39. The van der Waals surface area contributed by atoms with Gasteiger partial charge in [0, 0.05) is 17.4 Å². The number of esters is 1. The molecule has 2 unspecified atom stereocenters. The molecular weight excluding hydrogens is 324 g/mol. The van der Waals surface area contributed by atoms with Crippen molar-refractivity contribution in [3.8, 4) is 0 Å². The van der Waals surface area contributed by atoms with E-state index < -0.39 is 11.1 Å². The smallest absolute Gasteiger partial charge is 0.306 e. The lowest BCUT2D eigenvalue weighted by Gasteiger charge is -2.24. The molecule has 0 saturated heterocycles. The molecule has 2 rings (SSSR count). The summed E-state index contributed by atoms with van der Waals surface area (Å²) in [4.78, 5) is 11.7.